The highest BCUT2D eigenvalue weighted by atomic mass is 35.5. The Balaban J connectivity index is 2.34. The van der Waals surface area contributed by atoms with E-state index >= 15 is 0 Å². The lowest BCUT2D eigenvalue weighted by Gasteiger charge is -2.17. The van der Waals surface area contributed by atoms with E-state index in [0.717, 1.165) is 5.56 Å². The molecule has 1 aliphatic rings. The second kappa shape index (κ2) is 4.45. The molecule has 0 heterocycles. The summed E-state index contributed by atoms with van der Waals surface area (Å²) in [6, 6.07) is 9.00. The fourth-order valence-corrected chi connectivity index (χ4v) is 2.62. The molecule has 0 unspecified atom stereocenters. The summed E-state index contributed by atoms with van der Waals surface area (Å²) in [4.78, 5) is 22.0. The monoisotopic (exact) mass is 288 g/mol. The Kier molecular flexibility index (Phi) is 3.30. The van der Waals surface area contributed by atoms with Gasteiger partial charge >= 0.3 is 0 Å². The summed E-state index contributed by atoms with van der Waals surface area (Å²) in [6.07, 6.45) is 0.0828. The van der Waals surface area contributed by atoms with Gasteiger partial charge in [-0.1, -0.05) is 53.5 Å². The van der Waals surface area contributed by atoms with E-state index in [2.05, 4.69) is 0 Å². The van der Waals surface area contributed by atoms with Gasteiger partial charge in [0.05, 0.1) is 0 Å². The van der Waals surface area contributed by atoms with Crippen molar-refractivity contribution in [1.82, 2.24) is 0 Å². The van der Waals surface area contributed by atoms with Gasteiger partial charge < -0.3 is 0 Å². The third-order valence-corrected chi connectivity index (χ3v) is 3.90. The Labute approximate surface area is 113 Å². The third-order valence-electron chi connectivity index (χ3n) is 2.60. The molecule has 1 aromatic rings. The van der Waals surface area contributed by atoms with E-state index in [-0.39, 0.29) is 16.5 Å². The molecular formula is C12H7Cl3O2. The summed E-state index contributed by atoms with van der Waals surface area (Å²) in [6.45, 7) is 0. The number of ketones is 2. The van der Waals surface area contributed by atoms with Gasteiger partial charge in [0, 0.05) is 6.42 Å². The fraction of sp³-hybridized carbons (Fsp3) is 0.167. The van der Waals surface area contributed by atoms with Crippen LogP contribution in [-0.2, 0) is 16.0 Å². The van der Waals surface area contributed by atoms with Crippen LogP contribution in [0.2, 0.25) is 0 Å². The Morgan fingerprint density at radius 2 is 1.41 bits per heavy atom. The molecule has 0 saturated heterocycles. The number of halogens is 3. The van der Waals surface area contributed by atoms with Gasteiger partial charge in [-0.2, -0.15) is 0 Å². The van der Waals surface area contributed by atoms with Gasteiger partial charge in [-0.3, -0.25) is 9.59 Å². The van der Waals surface area contributed by atoms with Gasteiger partial charge in [0.1, 0.15) is 10.1 Å². The summed E-state index contributed by atoms with van der Waals surface area (Å²) in [5.74, 6) is -1.25. The van der Waals surface area contributed by atoms with Gasteiger partial charge in [0.2, 0.25) is 11.6 Å². The Bertz CT molecular complexity index is 496. The molecule has 0 aliphatic heterocycles. The highest BCUT2D eigenvalue weighted by Crippen LogP contribution is 2.39. The number of hydrogen-bond donors (Lipinski definition) is 0. The highest BCUT2D eigenvalue weighted by molar-refractivity contribution is 6.69. The van der Waals surface area contributed by atoms with Gasteiger partial charge in [-0.15, -0.1) is 11.6 Å². The van der Waals surface area contributed by atoms with Crippen LogP contribution in [0.1, 0.15) is 5.56 Å². The van der Waals surface area contributed by atoms with Gasteiger partial charge in [0.15, 0.2) is 4.87 Å². The van der Waals surface area contributed by atoms with Gasteiger partial charge in [-0.25, -0.2) is 0 Å². The second-order valence-electron chi connectivity index (χ2n) is 3.75. The maximum Gasteiger partial charge on any atom is 0.205 e. The minimum Gasteiger partial charge on any atom is -0.291 e. The van der Waals surface area contributed by atoms with Crippen molar-refractivity contribution in [3.63, 3.8) is 0 Å². The van der Waals surface area contributed by atoms with Gasteiger partial charge in [-0.05, 0) is 5.56 Å². The number of Topliss-reactive ketones (excluding diaryl/α,β-unsaturated/α-hetero) is 2. The number of hydrogen-bond acceptors (Lipinski definition) is 2. The van der Waals surface area contributed by atoms with E-state index in [0.29, 0.717) is 0 Å². The first-order chi connectivity index (χ1) is 7.97. The van der Waals surface area contributed by atoms with Crippen LogP contribution in [0, 0.1) is 0 Å². The molecule has 1 aliphatic carbocycles. The van der Waals surface area contributed by atoms with Crippen molar-refractivity contribution in [2.45, 2.75) is 11.3 Å². The van der Waals surface area contributed by atoms with E-state index in [1.165, 1.54) is 0 Å². The third kappa shape index (κ3) is 2.01. The summed E-state index contributed by atoms with van der Waals surface area (Å²) in [5.41, 5.74) is 0.778. The van der Waals surface area contributed by atoms with Crippen LogP contribution in [-0.4, -0.2) is 16.4 Å². The fourth-order valence-electron chi connectivity index (χ4n) is 1.69. The van der Waals surface area contributed by atoms with E-state index in [1.807, 2.05) is 6.07 Å². The van der Waals surface area contributed by atoms with Crippen LogP contribution < -0.4 is 0 Å². The van der Waals surface area contributed by atoms with Crippen LogP contribution >= 0.6 is 34.8 Å². The Morgan fingerprint density at radius 1 is 0.941 bits per heavy atom. The molecule has 2 rings (SSSR count). The molecule has 0 spiro atoms. The molecule has 0 radical (unpaired) electrons. The molecule has 1 aromatic carbocycles. The van der Waals surface area contributed by atoms with Crippen LogP contribution in [0.3, 0.4) is 0 Å². The van der Waals surface area contributed by atoms with Gasteiger partial charge in [0.25, 0.3) is 0 Å². The summed E-state index contributed by atoms with van der Waals surface area (Å²) in [7, 11) is 0. The van der Waals surface area contributed by atoms with Crippen molar-refractivity contribution in [3.8, 4) is 0 Å². The first-order valence-corrected chi connectivity index (χ1v) is 5.98. The van der Waals surface area contributed by atoms with Crippen LogP contribution in [0.5, 0.6) is 0 Å². The predicted molar refractivity (Wildman–Crippen MR) is 67.5 cm³/mol. The van der Waals surface area contributed by atoms with E-state index < -0.39 is 16.4 Å². The highest BCUT2D eigenvalue weighted by Gasteiger charge is 2.52. The maximum atomic E-state index is 11.8. The predicted octanol–water partition coefficient (Wildman–Crippen LogP) is 3.05. The standard InChI is InChI=1S/C12H7Cl3O2/c13-8-9(14)11(17)12(15,10(8)16)6-7-4-2-1-3-5-7/h1-5H,6H2. The van der Waals surface area contributed by atoms with Crippen molar-refractivity contribution in [2.24, 2.45) is 0 Å². The molecule has 0 fully saturated rings. The number of allylic oxidation sites excluding steroid dienone is 2. The molecule has 0 saturated carbocycles. The van der Waals surface area contributed by atoms with Crippen molar-refractivity contribution in [3.05, 3.63) is 46.0 Å². The topological polar surface area (TPSA) is 34.1 Å². The Morgan fingerprint density at radius 3 is 1.88 bits per heavy atom. The van der Waals surface area contributed by atoms with Crippen molar-refractivity contribution in [2.75, 3.05) is 0 Å². The lowest BCUT2D eigenvalue weighted by molar-refractivity contribution is -0.124. The molecule has 17 heavy (non-hydrogen) atoms. The molecule has 5 heteroatoms. The van der Waals surface area contributed by atoms with Crippen molar-refractivity contribution >= 4 is 46.4 Å². The lowest BCUT2D eigenvalue weighted by Crippen LogP contribution is -2.38. The number of benzene rings is 1. The molecule has 0 N–H and O–H groups in total. The zero-order valence-electron chi connectivity index (χ0n) is 8.54. The average Bonchev–Trinajstić information content (AvgIpc) is 2.47. The minimum absolute atomic E-state index is 0.0828. The smallest absolute Gasteiger partial charge is 0.205 e. The summed E-state index contributed by atoms with van der Waals surface area (Å²) >= 11 is 17.4. The number of carbonyl (C=O) groups is 2. The number of alkyl halides is 1. The molecular weight excluding hydrogens is 282 g/mol. The summed E-state index contributed by atoms with van der Waals surface area (Å²) < 4.78 is 0. The lowest BCUT2D eigenvalue weighted by atomic mass is 9.94. The van der Waals surface area contributed by atoms with E-state index in [9.17, 15) is 9.59 Å². The molecule has 0 bridgehead atoms. The Hall–Kier alpha value is -0.830. The maximum absolute atomic E-state index is 11.8. The number of carbonyl (C=O) groups excluding carboxylic acids is 2. The minimum atomic E-state index is -1.68. The quantitative estimate of drug-likeness (QED) is 0.619. The molecule has 0 amide bonds. The van der Waals surface area contributed by atoms with Crippen LogP contribution in [0.4, 0.5) is 0 Å². The zero-order chi connectivity index (χ0) is 12.6. The summed E-state index contributed by atoms with van der Waals surface area (Å²) in [5, 5.41) is -0.551. The zero-order valence-corrected chi connectivity index (χ0v) is 10.8. The first kappa shape index (κ1) is 12.6. The number of rotatable bonds is 2. The van der Waals surface area contributed by atoms with Crippen LogP contribution in [0.25, 0.3) is 0 Å². The molecule has 0 atom stereocenters. The first-order valence-electron chi connectivity index (χ1n) is 4.84. The van der Waals surface area contributed by atoms with Crippen molar-refractivity contribution in [1.29, 1.82) is 0 Å². The normalized spacial score (nSPS) is 19.0. The van der Waals surface area contributed by atoms with E-state index in [4.69, 9.17) is 34.8 Å². The van der Waals surface area contributed by atoms with Crippen molar-refractivity contribution < 1.29 is 9.59 Å². The van der Waals surface area contributed by atoms with Crippen LogP contribution in [0.15, 0.2) is 40.4 Å². The molecule has 0 aromatic heterocycles. The SMILES string of the molecule is O=C1C(Cl)=C(Cl)C(=O)C1(Cl)Cc1ccccc1. The average molecular weight is 290 g/mol. The molecule has 2 nitrogen and oxygen atoms in total. The molecule has 88 valence electrons. The second-order valence-corrected chi connectivity index (χ2v) is 5.15. The van der Waals surface area contributed by atoms with E-state index in [1.54, 1.807) is 24.3 Å². The largest absolute Gasteiger partial charge is 0.291 e.